The second-order valence-electron chi connectivity index (χ2n) is 6.79. The number of aryl methyl sites for hydroxylation is 1. The van der Waals surface area contributed by atoms with Crippen LogP contribution in [0.15, 0.2) is 18.2 Å². The lowest BCUT2D eigenvalue weighted by Crippen LogP contribution is -2.38. The molecule has 0 bridgehead atoms. The van der Waals surface area contributed by atoms with E-state index in [0.717, 1.165) is 35.4 Å². The average molecular weight is 369 g/mol. The van der Waals surface area contributed by atoms with Crippen LogP contribution in [-0.4, -0.2) is 58.3 Å². The lowest BCUT2D eigenvalue weighted by Gasteiger charge is -2.30. The molecule has 3 heterocycles. The van der Waals surface area contributed by atoms with Crippen molar-refractivity contribution in [1.29, 1.82) is 0 Å². The molecule has 0 aliphatic carbocycles. The number of hydrogen-bond donors (Lipinski definition) is 2. The van der Waals surface area contributed by atoms with E-state index in [1.54, 1.807) is 14.2 Å². The number of aromatic nitrogens is 4. The first-order valence-corrected chi connectivity index (χ1v) is 9.02. The van der Waals surface area contributed by atoms with E-state index in [9.17, 15) is 4.79 Å². The summed E-state index contributed by atoms with van der Waals surface area (Å²) in [6.45, 7) is 3.26. The molecule has 2 N–H and O–H groups in total. The summed E-state index contributed by atoms with van der Waals surface area (Å²) in [6.07, 6.45) is 1.71. The third-order valence-electron chi connectivity index (χ3n) is 5.15. The summed E-state index contributed by atoms with van der Waals surface area (Å²) in [6, 6.07) is 5.51. The lowest BCUT2D eigenvalue weighted by molar-refractivity contribution is 0.0706. The summed E-state index contributed by atoms with van der Waals surface area (Å²) in [5.74, 6) is 3.34. The Hall–Kier alpha value is -3.03. The van der Waals surface area contributed by atoms with Gasteiger partial charge in [-0.15, -0.1) is 0 Å². The summed E-state index contributed by atoms with van der Waals surface area (Å²) in [4.78, 5) is 22.5. The first-order chi connectivity index (χ1) is 13.1. The second kappa shape index (κ2) is 6.94. The molecule has 1 amide bonds. The minimum Gasteiger partial charge on any atom is -0.496 e. The SMILES string of the molecule is COc1ccc(OC)c2[nH]c(C(=O)N3CCC(c4n[nH]c(C)n4)CC3)cc12. The van der Waals surface area contributed by atoms with Gasteiger partial charge in [-0.1, -0.05) is 0 Å². The zero-order valence-electron chi connectivity index (χ0n) is 15.7. The van der Waals surface area contributed by atoms with Gasteiger partial charge in [-0.3, -0.25) is 9.89 Å². The van der Waals surface area contributed by atoms with Crippen LogP contribution in [0.2, 0.25) is 0 Å². The number of fused-ring (bicyclic) bond motifs is 1. The average Bonchev–Trinajstić information content (AvgIpc) is 3.33. The molecule has 0 atom stereocenters. The number of H-pyrrole nitrogens is 2. The Bertz CT molecular complexity index is 928. The van der Waals surface area contributed by atoms with Crippen molar-refractivity contribution in [3.63, 3.8) is 0 Å². The molecule has 2 aromatic heterocycles. The third kappa shape index (κ3) is 3.11. The van der Waals surface area contributed by atoms with E-state index in [-0.39, 0.29) is 5.91 Å². The number of carbonyl (C=O) groups is 1. The third-order valence-corrected chi connectivity index (χ3v) is 5.15. The van der Waals surface area contributed by atoms with E-state index in [4.69, 9.17) is 9.47 Å². The molecule has 3 aromatic rings. The Balaban J connectivity index is 1.53. The number of rotatable bonds is 4. The monoisotopic (exact) mass is 369 g/mol. The van der Waals surface area contributed by atoms with Crippen molar-refractivity contribution >= 4 is 16.8 Å². The number of nitrogens with one attached hydrogen (secondary N) is 2. The summed E-state index contributed by atoms with van der Waals surface area (Å²) in [5, 5.41) is 7.99. The molecule has 1 aromatic carbocycles. The Morgan fingerprint density at radius 1 is 1.19 bits per heavy atom. The van der Waals surface area contributed by atoms with Crippen molar-refractivity contribution in [2.75, 3.05) is 27.3 Å². The molecule has 27 heavy (non-hydrogen) atoms. The van der Waals surface area contributed by atoms with Gasteiger partial charge in [0.25, 0.3) is 5.91 Å². The molecule has 8 nitrogen and oxygen atoms in total. The Morgan fingerprint density at radius 2 is 1.89 bits per heavy atom. The van der Waals surface area contributed by atoms with E-state index >= 15 is 0 Å². The van der Waals surface area contributed by atoms with Crippen LogP contribution in [0.5, 0.6) is 11.5 Å². The minimum absolute atomic E-state index is 0.0140. The Labute approximate surface area is 156 Å². The van der Waals surface area contributed by atoms with Crippen LogP contribution >= 0.6 is 0 Å². The highest BCUT2D eigenvalue weighted by Gasteiger charge is 2.28. The number of nitrogens with zero attached hydrogens (tertiary/aromatic N) is 3. The predicted molar refractivity (Wildman–Crippen MR) is 100 cm³/mol. The van der Waals surface area contributed by atoms with E-state index in [1.807, 2.05) is 30.0 Å². The fourth-order valence-electron chi connectivity index (χ4n) is 3.68. The molecule has 0 saturated carbocycles. The van der Waals surface area contributed by atoms with Gasteiger partial charge in [-0.25, -0.2) is 4.98 Å². The maximum atomic E-state index is 13.0. The highest BCUT2D eigenvalue weighted by Crippen LogP contribution is 2.34. The number of piperidine rings is 1. The number of likely N-dealkylation sites (tertiary alicyclic amines) is 1. The summed E-state index contributed by atoms with van der Waals surface area (Å²) < 4.78 is 10.8. The fourth-order valence-corrected chi connectivity index (χ4v) is 3.68. The van der Waals surface area contributed by atoms with Gasteiger partial charge in [0.15, 0.2) is 5.82 Å². The number of ether oxygens (including phenoxy) is 2. The van der Waals surface area contributed by atoms with Crippen molar-refractivity contribution in [2.24, 2.45) is 0 Å². The molecule has 4 rings (SSSR count). The topological polar surface area (TPSA) is 96.1 Å². The minimum atomic E-state index is -0.0140. The molecular formula is C19H23N5O3. The number of benzene rings is 1. The number of methoxy groups -OCH3 is 2. The maximum absolute atomic E-state index is 13.0. The van der Waals surface area contributed by atoms with Gasteiger partial charge in [0.05, 0.1) is 19.7 Å². The predicted octanol–water partition coefficient (Wildman–Crippen LogP) is 2.63. The van der Waals surface area contributed by atoms with Gasteiger partial charge in [-0.05, 0) is 38.0 Å². The molecule has 8 heteroatoms. The van der Waals surface area contributed by atoms with Crippen LogP contribution in [0.4, 0.5) is 0 Å². The van der Waals surface area contributed by atoms with E-state index in [0.29, 0.717) is 36.2 Å². The van der Waals surface area contributed by atoms with Crippen molar-refractivity contribution in [3.05, 3.63) is 35.5 Å². The van der Waals surface area contributed by atoms with Crippen molar-refractivity contribution in [3.8, 4) is 11.5 Å². The summed E-state index contributed by atoms with van der Waals surface area (Å²) >= 11 is 0. The molecule has 142 valence electrons. The van der Waals surface area contributed by atoms with Gasteiger partial charge in [0, 0.05) is 24.4 Å². The van der Waals surface area contributed by atoms with Crippen LogP contribution in [0.25, 0.3) is 10.9 Å². The first kappa shape index (κ1) is 17.4. The zero-order valence-corrected chi connectivity index (χ0v) is 15.7. The largest absolute Gasteiger partial charge is 0.496 e. The second-order valence-corrected chi connectivity index (χ2v) is 6.79. The number of aromatic amines is 2. The number of carbonyl (C=O) groups excluding carboxylic acids is 1. The molecule has 0 unspecified atom stereocenters. The van der Waals surface area contributed by atoms with Gasteiger partial charge in [-0.2, -0.15) is 5.10 Å². The Morgan fingerprint density at radius 3 is 2.52 bits per heavy atom. The maximum Gasteiger partial charge on any atom is 0.270 e. The standard InChI is InChI=1S/C19H23N5O3/c1-11-20-18(23-22-11)12-6-8-24(9-7-12)19(25)14-10-13-15(26-2)4-5-16(27-3)17(13)21-14/h4-5,10,12,21H,6-9H2,1-3H3,(H,20,22,23). The lowest BCUT2D eigenvalue weighted by atomic mass is 9.96. The van der Waals surface area contributed by atoms with Crippen LogP contribution in [-0.2, 0) is 0 Å². The quantitative estimate of drug-likeness (QED) is 0.737. The van der Waals surface area contributed by atoms with Crippen molar-refractivity contribution in [1.82, 2.24) is 25.1 Å². The molecule has 0 radical (unpaired) electrons. The molecule has 1 aliphatic heterocycles. The van der Waals surface area contributed by atoms with E-state index in [1.165, 1.54) is 0 Å². The molecular weight excluding hydrogens is 346 g/mol. The molecule has 1 aliphatic rings. The van der Waals surface area contributed by atoms with Crippen LogP contribution in [0.3, 0.4) is 0 Å². The smallest absolute Gasteiger partial charge is 0.270 e. The Kier molecular flexibility index (Phi) is 4.47. The highest BCUT2D eigenvalue weighted by molar-refractivity contribution is 6.01. The van der Waals surface area contributed by atoms with Gasteiger partial charge < -0.3 is 19.4 Å². The number of hydrogen-bond acceptors (Lipinski definition) is 5. The van der Waals surface area contributed by atoms with Crippen molar-refractivity contribution < 1.29 is 14.3 Å². The van der Waals surface area contributed by atoms with Gasteiger partial charge >= 0.3 is 0 Å². The van der Waals surface area contributed by atoms with E-state index < -0.39 is 0 Å². The summed E-state index contributed by atoms with van der Waals surface area (Å²) in [7, 11) is 3.23. The van der Waals surface area contributed by atoms with Crippen molar-refractivity contribution in [2.45, 2.75) is 25.7 Å². The molecule has 1 saturated heterocycles. The van der Waals surface area contributed by atoms with Gasteiger partial charge in [0.2, 0.25) is 0 Å². The van der Waals surface area contributed by atoms with Crippen LogP contribution < -0.4 is 9.47 Å². The van der Waals surface area contributed by atoms with E-state index in [2.05, 4.69) is 20.2 Å². The fraction of sp³-hybridized carbons (Fsp3) is 0.421. The highest BCUT2D eigenvalue weighted by atomic mass is 16.5. The summed E-state index contributed by atoms with van der Waals surface area (Å²) in [5.41, 5.74) is 1.31. The first-order valence-electron chi connectivity index (χ1n) is 9.02. The molecule has 0 spiro atoms. The molecule has 1 fully saturated rings. The number of amides is 1. The van der Waals surface area contributed by atoms with Crippen LogP contribution in [0, 0.1) is 6.92 Å². The van der Waals surface area contributed by atoms with Crippen LogP contribution in [0.1, 0.15) is 40.9 Å². The normalized spacial score (nSPS) is 15.3. The zero-order chi connectivity index (χ0) is 19.0. The van der Waals surface area contributed by atoms with Gasteiger partial charge in [0.1, 0.15) is 23.0 Å².